The van der Waals surface area contributed by atoms with Crippen molar-refractivity contribution in [1.29, 1.82) is 5.26 Å². The molecule has 3 nitrogen and oxygen atoms in total. The Balaban J connectivity index is 1.72. The first kappa shape index (κ1) is 15.3. The molecule has 21 heavy (non-hydrogen) atoms. The van der Waals surface area contributed by atoms with Crippen LogP contribution in [0, 0.1) is 17.1 Å². The van der Waals surface area contributed by atoms with E-state index >= 15 is 0 Å². The van der Waals surface area contributed by atoms with Gasteiger partial charge in [0.25, 0.3) is 0 Å². The van der Waals surface area contributed by atoms with Crippen LogP contribution in [0.25, 0.3) is 0 Å². The minimum absolute atomic E-state index is 0.331. The van der Waals surface area contributed by atoms with Crippen LogP contribution in [0.4, 0.5) is 4.39 Å². The summed E-state index contributed by atoms with van der Waals surface area (Å²) in [6.07, 6.45) is 0.670. The molecule has 0 bridgehead atoms. The third-order valence-electron chi connectivity index (χ3n) is 2.69. The Labute approximate surface area is 131 Å². The molecule has 0 aromatic heterocycles. The summed E-state index contributed by atoms with van der Waals surface area (Å²) in [5, 5.41) is 8.69. The van der Waals surface area contributed by atoms with Gasteiger partial charge in [-0.05, 0) is 52.3 Å². The van der Waals surface area contributed by atoms with Crippen LogP contribution in [-0.4, -0.2) is 13.2 Å². The maximum absolute atomic E-state index is 13.1. The molecule has 0 heterocycles. The SMILES string of the molecule is N#Cc1ccc(OCCCOc2cc(F)ccc2Br)cc1. The van der Waals surface area contributed by atoms with Crippen molar-refractivity contribution in [2.45, 2.75) is 6.42 Å². The Kier molecular flexibility index (Phi) is 5.59. The third-order valence-corrected chi connectivity index (χ3v) is 3.35. The highest BCUT2D eigenvalue weighted by Gasteiger charge is 2.03. The number of nitriles is 1. The lowest BCUT2D eigenvalue weighted by Crippen LogP contribution is -2.05. The van der Waals surface area contributed by atoms with Gasteiger partial charge in [0.1, 0.15) is 17.3 Å². The predicted molar refractivity (Wildman–Crippen MR) is 80.9 cm³/mol. The number of nitrogens with zero attached hydrogens (tertiary/aromatic N) is 1. The normalized spacial score (nSPS) is 9.95. The first-order valence-electron chi connectivity index (χ1n) is 6.40. The van der Waals surface area contributed by atoms with Gasteiger partial charge in [-0.1, -0.05) is 0 Å². The summed E-state index contributed by atoms with van der Waals surface area (Å²) in [5.74, 6) is 0.858. The average molecular weight is 350 g/mol. The van der Waals surface area contributed by atoms with Gasteiger partial charge in [-0.15, -0.1) is 0 Å². The third kappa shape index (κ3) is 4.76. The molecule has 0 amide bonds. The molecule has 2 rings (SSSR count). The highest BCUT2D eigenvalue weighted by Crippen LogP contribution is 2.25. The molecule has 0 aliphatic rings. The minimum atomic E-state index is -0.331. The van der Waals surface area contributed by atoms with Gasteiger partial charge in [0.2, 0.25) is 0 Å². The summed E-state index contributed by atoms with van der Waals surface area (Å²) in [6, 6.07) is 13.3. The van der Waals surface area contributed by atoms with Gasteiger partial charge in [-0.3, -0.25) is 0 Å². The molecule has 0 spiro atoms. The van der Waals surface area contributed by atoms with E-state index in [0.717, 1.165) is 4.47 Å². The van der Waals surface area contributed by atoms with Crippen LogP contribution in [0.3, 0.4) is 0 Å². The number of benzene rings is 2. The smallest absolute Gasteiger partial charge is 0.136 e. The van der Waals surface area contributed by atoms with E-state index in [9.17, 15) is 4.39 Å². The zero-order chi connectivity index (χ0) is 15.1. The van der Waals surface area contributed by atoms with E-state index in [2.05, 4.69) is 15.9 Å². The van der Waals surface area contributed by atoms with Gasteiger partial charge in [0, 0.05) is 12.5 Å². The molecule has 0 fully saturated rings. The molecule has 0 unspecified atom stereocenters. The molecule has 5 heteroatoms. The molecule has 2 aromatic carbocycles. The molecular weight excluding hydrogens is 337 g/mol. The lowest BCUT2D eigenvalue weighted by atomic mass is 10.2. The van der Waals surface area contributed by atoms with Crippen LogP contribution < -0.4 is 9.47 Å². The van der Waals surface area contributed by atoms with E-state index in [1.807, 2.05) is 6.07 Å². The Bertz CT molecular complexity index is 638. The highest BCUT2D eigenvalue weighted by atomic mass is 79.9. The summed E-state index contributed by atoms with van der Waals surface area (Å²) in [5.41, 5.74) is 0.599. The van der Waals surface area contributed by atoms with Crippen LogP contribution in [0.5, 0.6) is 11.5 Å². The van der Waals surface area contributed by atoms with Crippen LogP contribution in [0.2, 0.25) is 0 Å². The number of ether oxygens (including phenoxy) is 2. The summed E-state index contributed by atoms with van der Waals surface area (Å²) in [6.45, 7) is 0.914. The molecule has 0 saturated heterocycles. The molecule has 0 aliphatic carbocycles. The van der Waals surface area contributed by atoms with Gasteiger partial charge in [0.05, 0.1) is 29.3 Å². The molecule has 0 radical (unpaired) electrons. The first-order valence-corrected chi connectivity index (χ1v) is 7.19. The average Bonchev–Trinajstić information content (AvgIpc) is 2.51. The highest BCUT2D eigenvalue weighted by molar-refractivity contribution is 9.10. The number of hydrogen-bond acceptors (Lipinski definition) is 3. The zero-order valence-electron chi connectivity index (χ0n) is 11.2. The van der Waals surface area contributed by atoms with E-state index in [-0.39, 0.29) is 5.82 Å². The van der Waals surface area contributed by atoms with Crippen LogP contribution in [0.1, 0.15) is 12.0 Å². The van der Waals surface area contributed by atoms with Crippen LogP contribution >= 0.6 is 15.9 Å². The Morgan fingerprint density at radius 1 is 1.05 bits per heavy atom. The summed E-state index contributed by atoms with van der Waals surface area (Å²) in [7, 11) is 0. The van der Waals surface area contributed by atoms with Crippen molar-refractivity contribution in [3.05, 3.63) is 58.3 Å². The van der Waals surface area contributed by atoms with E-state index in [0.29, 0.717) is 36.7 Å². The maximum Gasteiger partial charge on any atom is 0.136 e. The summed E-state index contributed by atoms with van der Waals surface area (Å²) < 4.78 is 24.8. The summed E-state index contributed by atoms with van der Waals surface area (Å²) in [4.78, 5) is 0. The molecular formula is C16H13BrFNO2. The minimum Gasteiger partial charge on any atom is -0.493 e. The fourth-order valence-electron chi connectivity index (χ4n) is 1.64. The fraction of sp³-hybridized carbons (Fsp3) is 0.188. The summed E-state index contributed by atoms with van der Waals surface area (Å²) >= 11 is 3.30. The van der Waals surface area contributed by atoms with E-state index in [4.69, 9.17) is 14.7 Å². The van der Waals surface area contributed by atoms with Gasteiger partial charge in [-0.2, -0.15) is 5.26 Å². The second kappa shape index (κ2) is 7.65. The van der Waals surface area contributed by atoms with Crippen LogP contribution in [-0.2, 0) is 0 Å². The molecule has 0 aliphatic heterocycles. The van der Waals surface area contributed by atoms with Crippen molar-refractivity contribution in [2.24, 2.45) is 0 Å². The molecule has 2 aromatic rings. The second-order valence-corrected chi connectivity index (χ2v) is 5.12. The number of hydrogen-bond donors (Lipinski definition) is 0. The lowest BCUT2D eigenvalue weighted by molar-refractivity contribution is 0.246. The zero-order valence-corrected chi connectivity index (χ0v) is 12.8. The fourth-order valence-corrected chi connectivity index (χ4v) is 2.01. The van der Waals surface area contributed by atoms with Gasteiger partial charge >= 0.3 is 0 Å². The van der Waals surface area contributed by atoms with E-state index in [1.165, 1.54) is 12.1 Å². The Hall–Kier alpha value is -2.06. The molecule has 108 valence electrons. The van der Waals surface area contributed by atoms with Crippen molar-refractivity contribution in [1.82, 2.24) is 0 Å². The van der Waals surface area contributed by atoms with E-state index < -0.39 is 0 Å². The standard InChI is InChI=1S/C16H13BrFNO2/c17-15-7-4-13(18)10-16(15)21-9-1-8-20-14-5-2-12(11-19)3-6-14/h2-7,10H,1,8-9H2. The van der Waals surface area contributed by atoms with Crippen molar-refractivity contribution in [2.75, 3.05) is 13.2 Å². The van der Waals surface area contributed by atoms with Crippen molar-refractivity contribution < 1.29 is 13.9 Å². The molecule has 0 atom stereocenters. The quantitative estimate of drug-likeness (QED) is 0.729. The van der Waals surface area contributed by atoms with Gasteiger partial charge in [0.15, 0.2) is 0 Å². The molecule has 0 saturated carbocycles. The van der Waals surface area contributed by atoms with Crippen LogP contribution in [0.15, 0.2) is 46.9 Å². The largest absolute Gasteiger partial charge is 0.493 e. The van der Waals surface area contributed by atoms with E-state index in [1.54, 1.807) is 30.3 Å². The maximum atomic E-state index is 13.1. The number of rotatable bonds is 6. The second-order valence-electron chi connectivity index (χ2n) is 4.26. The van der Waals surface area contributed by atoms with Crippen molar-refractivity contribution in [3.63, 3.8) is 0 Å². The van der Waals surface area contributed by atoms with Gasteiger partial charge < -0.3 is 9.47 Å². The first-order chi connectivity index (χ1) is 10.2. The topological polar surface area (TPSA) is 42.2 Å². The lowest BCUT2D eigenvalue weighted by Gasteiger charge is -2.09. The Morgan fingerprint density at radius 2 is 1.76 bits per heavy atom. The monoisotopic (exact) mass is 349 g/mol. The number of halogens is 2. The van der Waals surface area contributed by atoms with Crippen molar-refractivity contribution in [3.8, 4) is 17.6 Å². The Morgan fingerprint density at radius 3 is 2.48 bits per heavy atom. The van der Waals surface area contributed by atoms with Gasteiger partial charge in [-0.25, -0.2) is 4.39 Å². The van der Waals surface area contributed by atoms with Crippen molar-refractivity contribution >= 4 is 15.9 Å². The predicted octanol–water partition coefficient (Wildman–Crippen LogP) is 4.31. The molecule has 0 N–H and O–H groups in total.